The van der Waals surface area contributed by atoms with Crippen molar-refractivity contribution in [2.75, 3.05) is 20.3 Å². The lowest BCUT2D eigenvalue weighted by atomic mass is 9.84. The standard InChI is InChI=1S/C14H18F2O3/c1-18-14(5-7-19-8-6-14)12(17)9-10-3-2-4-11(15)13(10)16/h2-4,12,17H,5-9H2,1H3. The zero-order chi connectivity index (χ0) is 13.9. The van der Waals surface area contributed by atoms with E-state index in [0.29, 0.717) is 26.1 Å². The van der Waals surface area contributed by atoms with Crippen molar-refractivity contribution in [1.82, 2.24) is 0 Å². The van der Waals surface area contributed by atoms with E-state index in [9.17, 15) is 13.9 Å². The Morgan fingerprint density at radius 1 is 1.37 bits per heavy atom. The summed E-state index contributed by atoms with van der Waals surface area (Å²) in [6, 6.07) is 3.97. The highest BCUT2D eigenvalue weighted by Crippen LogP contribution is 2.30. The van der Waals surface area contributed by atoms with Crippen LogP contribution in [0.1, 0.15) is 18.4 Å². The van der Waals surface area contributed by atoms with Crippen molar-refractivity contribution < 1.29 is 23.4 Å². The van der Waals surface area contributed by atoms with Crippen LogP contribution in [0.4, 0.5) is 8.78 Å². The molecule has 0 aromatic heterocycles. The van der Waals surface area contributed by atoms with Crippen LogP contribution in [0.25, 0.3) is 0 Å². The van der Waals surface area contributed by atoms with E-state index in [1.165, 1.54) is 19.2 Å². The predicted molar refractivity (Wildman–Crippen MR) is 65.9 cm³/mol. The molecule has 1 aliphatic heterocycles. The molecule has 2 rings (SSSR count). The third kappa shape index (κ3) is 2.94. The Kier molecular flexibility index (Phi) is 4.50. The van der Waals surface area contributed by atoms with E-state index in [0.717, 1.165) is 6.07 Å². The Balaban J connectivity index is 2.15. The van der Waals surface area contributed by atoms with E-state index in [1.54, 1.807) is 0 Å². The maximum absolute atomic E-state index is 13.6. The smallest absolute Gasteiger partial charge is 0.162 e. The van der Waals surface area contributed by atoms with Crippen LogP contribution >= 0.6 is 0 Å². The first-order valence-corrected chi connectivity index (χ1v) is 6.33. The summed E-state index contributed by atoms with van der Waals surface area (Å²) in [5, 5.41) is 10.3. The summed E-state index contributed by atoms with van der Waals surface area (Å²) in [5.74, 6) is -1.80. The van der Waals surface area contributed by atoms with Gasteiger partial charge in [0.05, 0.1) is 11.7 Å². The quantitative estimate of drug-likeness (QED) is 0.912. The third-order valence-electron chi connectivity index (χ3n) is 3.80. The molecule has 0 amide bonds. The molecule has 1 N–H and O–H groups in total. The first-order valence-electron chi connectivity index (χ1n) is 6.33. The highest BCUT2D eigenvalue weighted by atomic mass is 19.2. The monoisotopic (exact) mass is 272 g/mol. The van der Waals surface area contributed by atoms with Crippen LogP contribution in [0.5, 0.6) is 0 Å². The molecule has 0 aliphatic carbocycles. The first-order chi connectivity index (χ1) is 9.09. The average molecular weight is 272 g/mol. The van der Waals surface area contributed by atoms with Crippen molar-refractivity contribution in [3.8, 4) is 0 Å². The summed E-state index contributed by atoms with van der Waals surface area (Å²) < 4.78 is 37.4. The molecule has 3 nitrogen and oxygen atoms in total. The van der Waals surface area contributed by atoms with Gasteiger partial charge < -0.3 is 14.6 Å². The maximum Gasteiger partial charge on any atom is 0.162 e. The van der Waals surface area contributed by atoms with Crippen LogP contribution in [0.15, 0.2) is 18.2 Å². The van der Waals surface area contributed by atoms with Gasteiger partial charge in [0.2, 0.25) is 0 Å². The maximum atomic E-state index is 13.6. The second-order valence-corrected chi connectivity index (χ2v) is 4.81. The first kappa shape index (κ1) is 14.4. The molecule has 0 saturated carbocycles. The highest BCUT2D eigenvalue weighted by molar-refractivity contribution is 5.20. The molecule has 0 spiro atoms. The van der Waals surface area contributed by atoms with Crippen molar-refractivity contribution in [2.45, 2.75) is 31.0 Å². The van der Waals surface area contributed by atoms with Crippen LogP contribution in [-0.4, -0.2) is 37.1 Å². The van der Waals surface area contributed by atoms with Gasteiger partial charge in [0.15, 0.2) is 11.6 Å². The van der Waals surface area contributed by atoms with E-state index < -0.39 is 23.3 Å². The van der Waals surface area contributed by atoms with E-state index in [-0.39, 0.29) is 12.0 Å². The van der Waals surface area contributed by atoms with E-state index in [4.69, 9.17) is 9.47 Å². The molecule has 1 unspecified atom stereocenters. The molecular weight excluding hydrogens is 254 g/mol. The number of aliphatic hydroxyl groups is 1. The summed E-state index contributed by atoms with van der Waals surface area (Å²) in [7, 11) is 1.52. The van der Waals surface area contributed by atoms with Crippen molar-refractivity contribution in [2.24, 2.45) is 0 Å². The molecule has 1 atom stereocenters. The van der Waals surface area contributed by atoms with Gasteiger partial charge >= 0.3 is 0 Å². The molecule has 106 valence electrons. The molecule has 0 radical (unpaired) electrons. The SMILES string of the molecule is COC1(C(O)Cc2cccc(F)c2F)CCOCC1. The van der Waals surface area contributed by atoms with Crippen LogP contribution in [-0.2, 0) is 15.9 Å². The normalized spacial score (nSPS) is 20.2. The number of ether oxygens (including phenoxy) is 2. The number of hydrogen-bond donors (Lipinski definition) is 1. The highest BCUT2D eigenvalue weighted by Gasteiger charge is 2.40. The number of hydrogen-bond acceptors (Lipinski definition) is 3. The Hall–Kier alpha value is -1.04. The minimum Gasteiger partial charge on any atom is -0.390 e. The van der Waals surface area contributed by atoms with Gasteiger partial charge in [-0.3, -0.25) is 0 Å². The molecule has 1 aliphatic rings. The summed E-state index contributed by atoms with van der Waals surface area (Å²) in [6.07, 6.45) is 0.221. The molecule has 1 heterocycles. The molecule has 19 heavy (non-hydrogen) atoms. The van der Waals surface area contributed by atoms with Gasteiger partial charge in [-0.05, 0) is 11.6 Å². The fourth-order valence-corrected chi connectivity index (χ4v) is 2.49. The fraction of sp³-hybridized carbons (Fsp3) is 0.571. The summed E-state index contributed by atoms with van der Waals surface area (Å²) in [6.45, 7) is 0.993. The van der Waals surface area contributed by atoms with Crippen LogP contribution in [0, 0.1) is 11.6 Å². The zero-order valence-corrected chi connectivity index (χ0v) is 10.9. The summed E-state index contributed by atoms with van der Waals surface area (Å²) in [5.41, 5.74) is -0.577. The number of aliphatic hydroxyl groups excluding tert-OH is 1. The molecule has 1 aromatic rings. The van der Waals surface area contributed by atoms with Gasteiger partial charge in [0.1, 0.15) is 0 Å². The van der Waals surface area contributed by atoms with E-state index in [1.807, 2.05) is 0 Å². The third-order valence-corrected chi connectivity index (χ3v) is 3.80. The van der Waals surface area contributed by atoms with Gasteiger partial charge in [-0.1, -0.05) is 12.1 Å². The van der Waals surface area contributed by atoms with Gasteiger partial charge in [-0.2, -0.15) is 0 Å². The summed E-state index contributed by atoms with van der Waals surface area (Å²) in [4.78, 5) is 0. The average Bonchev–Trinajstić information content (AvgIpc) is 2.44. The van der Waals surface area contributed by atoms with Gasteiger partial charge in [0, 0.05) is 39.6 Å². The number of halogens is 2. The van der Waals surface area contributed by atoms with Crippen LogP contribution in [0.2, 0.25) is 0 Å². The van der Waals surface area contributed by atoms with Crippen molar-refractivity contribution in [1.29, 1.82) is 0 Å². The minimum atomic E-state index is -0.903. The summed E-state index contributed by atoms with van der Waals surface area (Å²) >= 11 is 0. The fourth-order valence-electron chi connectivity index (χ4n) is 2.49. The number of methoxy groups -OCH3 is 1. The Morgan fingerprint density at radius 2 is 2.05 bits per heavy atom. The molecule has 1 saturated heterocycles. The zero-order valence-electron chi connectivity index (χ0n) is 10.9. The number of benzene rings is 1. The van der Waals surface area contributed by atoms with Crippen LogP contribution < -0.4 is 0 Å². The predicted octanol–water partition coefficient (Wildman–Crippen LogP) is 2.06. The lowest BCUT2D eigenvalue weighted by Crippen LogP contribution is -2.49. The molecule has 1 aromatic carbocycles. The van der Waals surface area contributed by atoms with Crippen molar-refractivity contribution in [3.05, 3.63) is 35.4 Å². The lowest BCUT2D eigenvalue weighted by molar-refractivity contribution is -0.151. The molecule has 0 bridgehead atoms. The topological polar surface area (TPSA) is 38.7 Å². The molecule has 5 heteroatoms. The Morgan fingerprint density at radius 3 is 2.68 bits per heavy atom. The van der Waals surface area contributed by atoms with Crippen LogP contribution in [0.3, 0.4) is 0 Å². The van der Waals surface area contributed by atoms with E-state index >= 15 is 0 Å². The lowest BCUT2D eigenvalue weighted by Gasteiger charge is -2.39. The van der Waals surface area contributed by atoms with Gasteiger partial charge in [0.25, 0.3) is 0 Å². The van der Waals surface area contributed by atoms with Crippen molar-refractivity contribution in [3.63, 3.8) is 0 Å². The van der Waals surface area contributed by atoms with Gasteiger partial charge in [-0.15, -0.1) is 0 Å². The Bertz CT molecular complexity index is 431. The Labute approximate surface area is 111 Å². The van der Waals surface area contributed by atoms with Crippen molar-refractivity contribution >= 4 is 0 Å². The largest absolute Gasteiger partial charge is 0.390 e. The molecular formula is C14H18F2O3. The van der Waals surface area contributed by atoms with Gasteiger partial charge in [-0.25, -0.2) is 8.78 Å². The van der Waals surface area contributed by atoms with E-state index in [2.05, 4.69) is 0 Å². The second-order valence-electron chi connectivity index (χ2n) is 4.81. The molecule has 1 fully saturated rings. The second kappa shape index (κ2) is 5.94. The number of rotatable bonds is 4. The minimum absolute atomic E-state index is 0.0252.